The highest BCUT2D eigenvalue weighted by molar-refractivity contribution is 6.04. The number of benzene rings is 2. The molecule has 1 aromatic heterocycles. The zero-order valence-electron chi connectivity index (χ0n) is 16.7. The number of H-pyrrole nitrogens is 1. The van der Waals surface area contributed by atoms with Gasteiger partial charge in [0, 0.05) is 55.2 Å². The lowest BCUT2D eigenvalue weighted by atomic mass is 10.1. The summed E-state index contributed by atoms with van der Waals surface area (Å²) in [5.74, 6) is -0.296. The molecule has 1 aliphatic rings. The number of piperazine rings is 1. The van der Waals surface area contributed by atoms with Gasteiger partial charge in [-0.1, -0.05) is 6.07 Å². The second-order valence-corrected chi connectivity index (χ2v) is 7.32. The van der Waals surface area contributed by atoms with Gasteiger partial charge in [-0.3, -0.25) is 19.5 Å². The molecule has 3 aromatic rings. The Morgan fingerprint density at radius 1 is 0.900 bits per heavy atom. The van der Waals surface area contributed by atoms with Crippen molar-refractivity contribution in [3.63, 3.8) is 0 Å². The minimum absolute atomic E-state index is 0.296. The lowest BCUT2D eigenvalue weighted by Gasteiger charge is -2.34. The largest absolute Gasteiger partial charge is 0.369 e. The first-order chi connectivity index (χ1) is 14.5. The highest BCUT2D eigenvalue weighted by Gasteiger charge is 2.14. The molecule has 8 nitrogen and oxygen atoms in total. The van der Waals surface area contributed by atoms with Gasteiger partial charge in [0.05, 0.1) is 5.69 Å². The van der Waals surface area contributed by atoms with Gasteiger partial charge < -0.3 is 15.1 Å². The Labute approximate surface area is 173 Å². The van der Waals surface area contributed by atoms with Crippen LogP contribution in [-0.2, 0) is 0 Å². The summed E-state index contributed by atoms with van der Waals surface area (Å²) in [7, 11) is 2.12. The highest BCUT2D eigenvalue weighted by Crippen LogP contribution is 2.20. The third-order valence-corrected chi connectivity index (χ3v) is 5.18. The molecule has 1 amide bonds. The molecule has 4 rings (SSSR count). The van der Waals surface area contributed by atoms with E-state index < -0.39 is 5.56 Å². The van der Waals surface area contributed by atoms with Crippen molar-refractivity contribution in [3.8, 4) is 5.69 Å². The van der Waals surface area contributed by atoms with Crippen LogP contribution in [0.5, 0.6) is 0 Å². The number of aromatic nitrogens is 2. The zero-order valence-corrected chi connectivity index (χ0v) is 16.7. The minimum Gasteiger partial charge on any atom is -0.369 e. The van der Waals surface area contributed by atoms with Crippen molar-refractivity contribution in [3.05, 3.63) is 86.9 Å². The average Bonchev–Trinajstić information content (AvgIpc) is 2.77. The Morgan fingerprint density at radius 2 is 1.63 bits per heavy atom. The first-order valence-electron chi connectivity index (χ1n) is 9.77. The van der Waals surface area contributed by atoms with Crippen molar-refractivity contribution in [2.24, 2.45) is 0 Å². The molecule has 0 unspecified atom stereocenters. The van der Waals surface area contributed by atoms with Gasteiger partial charge in [0.25, 0.3) is 17.0 Å². The fourth-order valence-electron chi connectivity index (χ4n) is 3.43. The predicted octanol–water partition coefficient (Wildman–Crippen LogP) is 1.53. The van der Waals surface area contributed by atoms with Crippen LogP contribution in [0.25, 0.3) is 5.69 Å². The molecule has 2 N–H and O–H groups in total. The van der Waals surface area contributed by atoms with E-state index in [1.807, 2.05) is 24.3 Å². The smallest absolute Gasteiger partial charge is 0.269 e. The lowest BCUT2D eigenvalue weighted by molar-refractivity contribution is 0.102. The van der Waals surface area contributed by atoms with E-state index in [1.165, 1.54) is 12.1 Å². The van der Waals surface area contributed by atoms with Crippen molar-refractivity contribution < 1.29 is 4.79 Å². The van der Waals surface area contributed by atoms with Crippen LogP contribution in [0, 0.1) is 0 Å². The molecule has 0 spiro atoms. The molecule has 30 heavy (non-hydrogen) atoms. The fourth-order valence-corrected chi connectivity index (χ4v) is 3.43. The van der Waals surface area contributed by atoms with Crippen LogP contribution in [-0.4, -0.2) is 53.8 Å². The molecule has 2 aromatic carbocycles. The molecule has 0 radical (unpaired) electrons. The number of carbonyl (C=O) groups excluding carboxylic acids is 1. The molecule has 1 aliphatic heterocycles. The number of rotatable bonds is 4. The second-order valence-electron chi connectivity index (χ2n) is 7.32. The fraction of sp³-hybridized carbons (Fsp3) is 0.227. The number of aromatic amines is 1. The maximum Gasteiger partial charge on any atom is 0.269 e. The molecule has 0 aliphatic carbocycles. The van der Waals surface area contributed by atoms with Crippen LogP contribution in [0.3, 0.4) is 0 Å². The zero-order chi connectivity index (χ0) is 21.1. The van der Waals surface area contributed by atoms with Crippen LogP contribution >= 0.6 is 0 Å². The van der Waals surface area contributed by atoms with E-state index in [1.54, 1.807) is 24.3 Å². The highest BCUT2D eigenvalue weighted by atomic mass is 16.2. The predicted molar refractivity (Wildman–Crippen MR) is 117 cm³/mol. The van der Waals surface area contributed by atoms with Gasteiger partial charge in [-0.05, 0) is 49.5 Å². The van der Waals surface area contributed by atoms with Crippen LogP contribution in [0.2, 0.25) is 0 Å². The Morgan fingerprint density at radius 3 is 2.37 bits per heavy atom. The van der Waals surface area contributed by atoms with Crippen LogP contribution in [0.4, 0.5) is 11.4 Å². The van der Waals surface area contributed by atoms with Crippen LogP contribution < -0.4 is 21.3 Å². The average molecular weight is 405 g/mol. The van der Waals surface area contributed by atoms with E-state index >= 15 is 0 Å². The summed E-state index contributed by atoms with van der Waals surface area (Å²) in [5, 5.41) is 5.33. The van der Waals surface area contributed by atoms with Gasteiger partial charge in [0.1, 0.15) is 0 Å². The second kappa shape index (κ2) is 8.38. The van der Waals surface area contributed by atoms with Crippen molar-refractivity contribution in [2.75, 3.05) is 43.4 Å². The van der Waals surface area contributed by atoms with Crippen molar-refractivity contribution >= 4 is 17.3 Å². The minimum atomic E-state index is -0.398. The number of nitrogens with zero attached hydrogens (tertiary/aromatic N) is 3. The number of likely N-dealkylation sites (N-methyl/N-ethyl adjacent to an activating group) is 1. The maximum atomic E-state index is 12.7. The first-order valence-corrected chi connectivity index (χ1v) is 9.77. The number of nitrogens with one attached hydrogen (secondary N) is 2. The van der Waals surface area contributed by atoms with E-state index in [4.69, 9.17) is 0 Å². The summed E-state index contributed by atoms with van der Waals surface area (Å²) >= 11 is 0. The molecule has 8 heteroatoms. The number of hydrogen-bond acceptors (Lipinski definition) is 5. The number of carbonyl (C=O) groups is 1. The van der Waals surface area contributed by atoms with Crippen molar-refractivity contribution in [1.82, 2.24) is 14.7 Å². The van der Waals surface area contributed by atoms with Gasteiger partial charge in [0.2, 0.25) is 0 Å². The maximum absolute atomic E-state index is 12.7. The third-order valence-electron chi connectivity index (χ3n) is 5.18. The van der Waals surface area contributed by atoms with Crippen molar-refractivity contribution in [1.29, 1.82) is 0 Å². The molecular weight excluding hydrogens is 382 g/mol. The van der Waals surface area contributed by atoms with E-state index in [0.717, 1.165) is 36.5 Å². The third kappa shape index (κ3) is 4.33. The molecule has 2 heterocycles. The van der Waals surface area contributed by atoms with E-state index in [9.17, 15) is 14.4 Å². The number of hydrogen-bond donors (Lipinski definition) is 2. The molecule has 1 saturated heterocycles. The van der Waals surface area contributed by atoms with Gasteiger partial charge >= 0.3 is 0 Å². The topological polar surface area (TPSA) is 90.4 Å². The summed E-state index contributed by atoms with van der Waals surface area (Å²) in [5.41, 5.74) is 1.84. The summed E-state index contributed by atoms with van der Waals surface area (Å²) in [6.45, 7) is 4.03. The van der Waals surface area contributed by atoms with Gasteiger partial charge in [-0.2, -0.15) is 0 Å². The Hall–Kier alpha value is -3.65. The van der Waals surface area contributed by atoms with E-state index in [2.05, 4.69) is 27.3 Å². The van der Waals surface area contributed by atoms with Gasteiger partial charge in [0.15, 0.2) is 0 Å². The molecule has 0 bridgehead atoms. The normalized spacial score (nSPS) is 14.5. The van der Waals surface area contributed by atoms with E-state index in [0.29, 0.717) is 16.9 Å². The van der Waals surface area contributed by atoms with Gasteiger partial charge in [-0.15, -0.1) is 0 Å². The Kier molecular flexibility index (Phi) is 5.49. The summed E-state index contributed by atoms with van der Waals surface area (Å²) in [6, 6.07) is 16.7. The summed E-state index contributed by atoms with van der Waals surface area (Å²) in [4.78, 5) is 40.9. The molecule has 1 fully saturated rings. The molecular formula is C22H23N5O3. The molecule has 154 valence electrons. The monoisotopic (exact) mass is 405 g/mol. The van der Waals surface area contributed by atoms with Gasteiger partial charge in [-0.25, -0.2) is 4.68 Å². The van der Waals surface area contributed by atoms with Crippen molar-refractivity contribution in [2.45, 2.75) is 0 Å². The van der Waals surface area contributed by atoms with Crippen LogP contribution in [0.15, 0.2) is 70.3 Å². The summed E-state index contributed by atoms with van der Waals surface area (Å²) in [6.07, 6.45) is 0. The lowest BCUT2D eigenvalue weighted by Crippen LogP contribution is -2.44. The summed E-state index contributed by atoms with van der Waals surface area (Å²) < 4.78 is 1.12. The Bertz CT molecular complexity index is 1160. The number of amides is 1. The molecule has 0 atom stereocenters. The number of anilines is 2. The quantitative estimate of drug-likeness (QED) is 0.687. The SMILES string of the molecule is CN1CCN(c2ccc(NC(=O)c3cccc(-n4[nH]c(=O)ccc4=O)c3)cc2)CC1. The molecule has 0 saturated carbocycles. The standard InChI is InChI=1S/C22H23N5O3/c1-25-11-13-26(14-12-25)18-7-5-17(6-8-18)23-22(30)16-3-2-4-19(15-16)27-21(29)10-9-20(28)24-27/h2-10,15H,11-14H2,1H3,(H,23,30)(H,24,28). The first kappa shape index (κ1) is 19.7. The Balaban J connectivity index is 1.48. The van der Waals surface area contributed by atoms with Crippen LogP contribution in [0.1, 0.15) is 10.4 Å². The van der Waals surface area contributed by atoms with E-state index in [-0.39, 0.29) is 11.5 Å².